The van der Waals surface area contributed by atoms with E-state index in [9.17, 15) is 9.36 Å². The molecule has 4 aliphatic carbocycles. The van der Waals surface area contributed by atoms with Gasteiger partial charge in [-0.15, -0.1) is 0 Å². The van der Waals surface area contributed by atoms with E-state index in [2.05, 4.69) is 19.9 Å². The van der Waals surface area contributed by atoms with Gasteiger partial charge in [-0.1, -0.05) is 19.9 Å². The van der Waals surface area contributed by atoms with E-state index in [0.717, 1.165) is 42.8 Å². The number of hydrogen-bond donors (Lipinski definition) is 0. The molecule has 5 heteroatoms. The highest BCUT2D eigenvalue weighted by Gasteiger charge is 2.59. The van der Waals surface area contributed by atoms with Crippen LogP contribution in [0.5, 0.6) is 0 Å². The summed E-state index contributed by atoms with van der Waals surface area (Å²) in [7, 11) is -0.130. The fraction of sp³-hybridized carbons (Fsp3) is 0.864. The normalized spacial score (nSPS) is 46.8. The molecule has 7 atom stereocenters. The van der Waals surface area contributed by atoms with Crippen LogP contribution in [0.1, 0.15) is 65.2 Å². The maximum Gasteiger partial charge on any atom is 0.356 e. The first-order chi connectivity index (χ1) is 12.8. The fourth-order valence-corrected chi connectivity index (χ4v) is 9.01. The third kappa shape index (κ3) is 2.77. The molecule has 4 aliphatic rings. The third-order valence-corrected chi connectivity index (χ3v) is 11.4. The Morgan fingerprint density at radius 1 is 1.00 bits per heavy atom. The second-order valence-corrected chi connectivity index (χ2v) is 12.3. The zero-order chi connectivity index (χ0) is 19.4. The maximum absolute atomic E-state index is 12.9. The second-order valence-electron chi connectivity index (χ2n) is 9.95. The van der Waals surface area contributed by atoms with E-state index in [1.807, 2.05) is 0 Å². The highest BCUT2D eigenvalue weighted by molar-refractivity contribution is 7.58. The van der Waals surface area contributed by atoms with Crippen LogP contribution < -0.4 is 0 Å². The van der Waals surface area contributed by atoms with Gasteiger partial charge in [0, 0.05) is 25.5 Å². The monoisotopic (exact) mass is 394 g/mol. The van der Waals surface area contributed by atoms with Crippen molar-refractivity contribution in [2.75, 3.05) is 14.2 Å². The van der Waals surface area contributed by atoms with Crippen LogP contribution in [-0.4, -0.2) is 20.5 Å². The van der Waals surface area contributed by atoms with Gasteiger partial charge in [0.25, 0.3) is 0 Å². The largest absolute Gasteiger partial charge is 0.356 e. The topological polar surface area (TPSA) is 52.6 Å². The van der Waals surface area contributed by atoms with Crippen LogP contribution in [-0.2, 0) is 18.4 Å². The van der Waals surface area contributed by atoms with E-state index in [-0.39, 0.29) is 16.7 Å². The lowest BCUT2D eigenvalue weighted by Gasteiger charge is -2.59. The Bertz CT molecular complexity index is 680. The Kier molecular flexibility index (Phi) is 5.01. The molecule has 0 aromatic carbocycles. The number of carbonyl (C=O) groups excluding carboxylic acids is 1. The van der Waals surface area contributed by atoms with Crippen molar-refractivity contribution in [1.29, 1.82) is 0 Å². The van der Waals surface area contributed by atoms with Gasteiger partial charge in [-0.05, 0) is 85.9 Å². The van der Waals surface area contributed by atoms with Crippen LogP contribution in [0, 0.1) is 40.4 Å². The van der Waals surface area contributed by atoms with Crippen molar-refractivity contribution < 1.29 is 18.4 Å². The molecule has 0 radical (unpaired) electrons. The third-order valence-electron chi connectivity index (χ3n) is 9.33. The summed E-state index contributed by atoms with van der Waals surface area (Å²) in [6.07, 6.45) is 12.5. The van der Waals surface area contributed by atoms with E-state index >= 15 is 0 Å². The summed E-state index contributed by atoms with van der Waals surface area (Å²) in [5.41, 5.74) is 0.503. The zero-order valence-electron chi connectivity index (χ0n) is 17.3. The number of rotatable bonds is 4. The average Bonchev–Trinajstić information content (AvgIpc) is 3.03. The first-order valence-electron chi connectivity index (χ1n) is 10.7. The summed E-state index contributed by atoms with van der Waals surface area (Å²) in [5.74, 6) is 2.91. The van der Waals surface area contributed by atoms with Gasteiger partial charge in [0.15, 0.2) is 0 Å². The van der Waals surface area contributed by atoms with Crippen LogP contribution in [0.2, 0.25) is 0 Å². The Morgan fingerprint density at radius 3 is 2.37 bits per heavy atom. The summed E-state index contributed by atoms with van der Waals surface area (Å²) < 4.78 is 23.4. The van der Waals surface area contributed by atoms with Gasteiger partial charge in [-0.25, -0.2) is 0 Å². The van der Waals surface area contributed by atoms with E-state index in [1.54, 1.807) is 0 Å². The SMILES string of the molecule is COP(=O)(OC)C1=CC2CC[C@@H]3[C@@H](CC[C@]4(C)C(C=O)CC[C@@H]34)[C@@]2(C)CC1. The molecule has 0 N–H and O–H groups in total. The van der Waals surface area contributed by atoms with E-state index in [0.29, 0.717) is 11.8 Å². The molecule has 152 valence electrons. The summed E-state index contributed by atoms with van der Waals surface area (Å²) >= 11 is 0. The molecule has 3 saturated carbocycles. The lowest BCUT2D eigenvalue weighted by Crippen LogP contribution is -2.52. The minimum Gasteiger partial charge on any atom is -0.309 e. The maximum atomic E-state index is 12.9. The van der Waals surface area contributed by atoms with Crippen molar-refractivity contribution in [3.8, 4) is 0 Å². The molecule has 0 aromatic rings. The molecule has 0 saturated heterocycles. The number of allylic oxidation sites excluding steroid dienone is 2. The Labute approximate surface area is 164 Å². The first kappa shape index (κ1) is 19.9. The number of fused-ring (bicyclic) bond motifs is 5. The van der Waals surface area contributed by atoms with Crippen molar-refractivity contribution in [3.05, 3.63) is 11.4 Å². The lowest BCUT2D eigenvalue weighted by atomic mass is 9.45. The van der Waals surface area contributed by atoms with Crippen molar-refractivity contribution in [2.45, 2.75) is 65.2 Å². The van der Waals surface area contributed by atoms with Gasteiger partial charge in [0.1, 0.15) is 6.29 Å². The molecule has 0 heterocycles. The fourth-order valence-electron chi connectivity index (χ4n) is 7.64. The van der Waals surface area contributed by atoms with Crippen LogP contribution in [0.4, 0.5) is 0 Å². The second kappa shape index (κ2) is 6.82. The first-order valence-corrected chi connectivity index (χ1v) is 12.2. The standard InChI is InChI=1S/C22H35O4P/c1-21-11-9-17(27(24,25-3)26-4)13-15(21)5-7-18-19-8-6-16(14-23)22(19,2)12-10-20(18)21/h13-16,18-20H,5-12H2,1-4H3/t15?,16?,18-,19-,20+,21-,22+/m0/s1. The van der Waals surface area contributed by atoms with Gasteiger partial charge in [0.2, 0.25) is 0 Å². The van der Waals surface area contributed by atoms with E-state index in [1.165, 1.54) is 46.2 Å². The molecular weight excluding hydrogens is 359 g/mol. The molecule has 2 unspecified atom stereocenters. The number of carbonyl (C=O) groups is 1. The zero-order valence-corrected chi connectivity index (χ0v) is 18.2. The summed E-state index contributed by atoms with van der Waals surface area (Å²) in [5, 5.41) is 0.885. The van der Waals surface area contributed by atoms with Gasteiger partial charge in [0.05, 0.1) is 0 Å². The number of aldehydes is 1. The predicted octanol–water partition coefficient (Wildman–Crippen LogP) is 5.82. The van der Waals surface area contributed by atoms with Crippen LogP contribution in [0.15, 0.2) is 11.4 Å². The molecule has 4 rings (SSSR count). The lowest BCUT2D eigenvalue weighted by molar-refractivity contribution is -0.121. The molecular formula is C22H35O4P. The highest BCUT2D eigenvalue weighted by Crippen LogP contribution is 2.69. The van der Waals surface area contributed by atoms with Gasteiger partial charge < -0.3 is 13.8 Å². The summed E-state index contributed by atoms with van der Waals surface area (Å²) in [4.78, 5) is 11.6. The summed E-state index contributed by atoms with van der Waals surface area (Å²) in [6, 6.07) is 0. The van der Waals surface area contributed by atoms with Crippen molar-refractivity contribution in [1.82, 2.24) is 0 Å². The minimum absolute atomic E-state index is 0.226. The van der Waals surface area contributed by atoms with E-state index in [4.69, 9.17) is 9.05 Å². The Morgan fingerprint density at radius 2 is 1.70 bits per heavy atom. The molecule has 4 nitrogen and oxygen atoms in total. The molecule has 3 fully saturated rings. The predicted molar refractivity (Wildman–Crippen MR) is 106 cm³/mol. The quantitative estimate of drug-likeness (QED) is 0.445. The van der Waals surface area contributed by atoms with Crippen LogP contribution in [0.3, 0.4) is 0 Å². The Hall–Kier alpha value is -0.440. The van der Waals surface area contributed by atoms with E-state index < -0.39 is 7.60 Å². The molecule has 0 amide bonds. The highest BCUT2D eigenvalue weighted by atomic mass is 31.2. The molecule has 0 bridgehead atoms. The van der Waals surface area contributed by atoms with Crippen molar-refractivity contribution in [3.63, 3.8) is 0 Å². The minimum atomic E-state index is -3.11. The smallest absolute Gasteiger partial charge is 0.309 e. The molecule has 0 spiro atoms. The van der Waals surface area contributed by atoms with Crippen molar-refractivity contribution >= 4 is 13.9 Å². The Balaban J connectivity index is 1.61. The van der Waals surface area contributed by atoms with Gasteiger partial charge in [-0.2, -0.15) is 0 Å². The average molecular weight is 394 g/mol. The van der Waals surface area contributed by atoms with Crippen LogP contribution in [0.25, 0.3) is 0 Å². The molecule has 0 aliphatic heterocycles. The number of hydrogen-bond acceptors (Lipinski definition) is 4. The van der Waals surface area contributed by atoms with Gasteiger partial charge in [-0.3, -0.25) is 4.57 Å². The summed E-state index contributed by atoms with van der Waals surface area (Å²) in [6.45, 7) is 4.86. The molecule has 0 aromatic heterocycles. The van der Waals surface area contributed by atoms with Gasteiger partial charge >= 0.3 is 7.60 Å². The van der Waals surface area contributed by atoms with Crippen LogP contribution >= 0.6 is 7.60 Å². The van der Waals surface area contributed by atoms with Crippen molar-refractivity contribution in [2.24, 2.45) is 40.4 Å². The molecule has 27 heavy (non-hydrogen) atoms.